The molecule has 2 amide bonds. The lowest BCUT2D eigenvalue weighted by molar-refractivity contribution is -0.137. The Morgan fingerprint density at radius 1 is 1.19 bits per heavy atom. The Bertz CT molecular complexity index is 389. The fourth-order valence-corrected chi connectivity index (χ4v) is 3.39. The first-order valence-electron chi connectivity index (χ1n) is 8.06. The highest BCUT2D eigenvalue weighted by Gasteiger charge is 2.42. The standard InChI is InChI=1S/C16H28N2O3/c1-16(2,3)15(21)17-8-4-5-14(20)18-11-6-7-12(18)10-13(19)9-11/h11-13,19H,4-10H2,1-3H3,(H,17,21). The van der Waals surface area contributed by atoms with E-state index in [0.717, 1.165) is 25.7 Å². The molecule has 5 nitrogen and oxygen atoms in total. The number of carbonyl (C=O) groups is 2. The van der Waals surface area contributed by atoms with Gasteiger partial charge < -0.3 is 15.3 Å². The van der Waals surface area contributed by atoms with E-state index in [2.05, 4.69) is 5.32 Å². The van der Waals surface area contributed by atoms with Crippen molar-refractivity contribution in [3.63, 3.8) is 0 Å². The van der Waals surface area contributed by atoms with Gasteiger partial charge in [0.05, 0.1) is 6.10 Å². The van der Waals surface area contributed by atoms with Crippen LogP contribution >= 0.6 is 0 Å². The van der Waals surface area contributed by atoms with Crippen molar-refractivity contribution in [3.8, 4) is 0 Å². The summed E-state index contributed by atoms with van der Waals surface area (Å²) in [5.74, 6) is 0.204. The minimum absolute atomic E-state index is 0.0242. The van der Waals surface area contributed by atoms with Gasteiger partial charge in [-0.15, -0.1) is 0 Å². The van der Waals surface area contributed by atoms with Crippen LogP contribution in [0.15, 0.2) is 0 Å². The zero-order chi connectivity index (χ0) is 15.6. The highest BCUT2D eigenvalue weighted by molar-refractivity contribution is 5.81. The van der Waals surface area contributed by atoms with Gasteiger partial charge >= 0.3 is 0 Å². The maximum Gasteiger partial charge on any atom is 0.225 e. The SMILES string of the molecule is CC(C)(C)C(=O)NCCCC(=O)N1C2CCC1CC(O)C2. The molecule has 2 bridgehead atoms. The molecule has 2 aliphatic heterocycles. The highest BCUT2D eigenvalue weighted by Crippen LogP contribution is 2.36. The summed E-state index contributed by atoms with van der Waals surface area (Å²) in [7, 11) is 0. The van der Waals surface area contributed by atoms with Gasteiger partial charge in [0.1, 0.15) is 0 Å². The summed E-state index contributed by atoms with van der Waals surface area (Å²) in [6.07, 6.45) is 4.42. The van der Waals surface area contributed by atoms with Crippen LogP contribution in [0.4, 0.5) is 0 Å². The van der Waals surface area contributed by atoms with Gasteiger partial charge in [-0.3, -0.25) is 9.59 Å². The molecule has 21 heavy (non-hydrogen) atoms. The van der Waals surface area contributed by atoms with Crippen LogP contribution in [0.2, 0.25) is 0 Å². The van der Waals surface area contributed by atoms with E-state index in [0.29, 0.717) is 19.4 Å². The lowest BCUT2D eigenvalue weighted by Crippen LogP contribution is -2.48. The highest BCUT2D eigenvalue weighted by atomic mass is 16.3. The van der Waals surface area contributed by atoms with Crippen LogP contribution in [0.5, 0.6) is 0 Å². The van der Waals surface area contributed by atoms with Crippen LogP contribution in [0.25, 0.3) is 0 Å². The van der Waals surface area contributed by atoms with Crippen LogP contribution in [-0.2, 0) is 9.59 Å². The third-order valence-corrected chi connectivity index (χ3v) is 4.53. The van der Waals surface area contributed by atoms with Gasteiger partial charge in [-0.25, -0.2) is 0 Å². The van der Waals surface area contributed by atoms with Gasteiger partial charge in [0.2, 0.25) is 11.8 Å². The largest absolute Gasteiger partial charge is 0.393 e. The number of carbonyl (C=O) groups excluding carboxylic acids is 2. The Morgan fingerprint density at radius 3 is 2.29 bits per heavy atom. The number of piperidine rings is 1. The quantitative estimate of drug-likeness (QED) is 0.771. The van der Waals surface area contributed by atoms with Crippen molar-refractivity contribution in [1.82, 2.24) is 10.2 Å². The summed E-state index contributed by atoms with van der Waals surface area (Å²) < 4.78 is 0. The maximum absolute atomic E-state index is 12.3. The number of hydrogen-bond acceptors (Lipinski definition) is 3. The van der Waals surface area contributed by atoms with Crippen molar-refractivity contribution in [2.45, 2.75) is 77.5 Å². The molecule has 0 saturated carbocycles. The molecule has 0 aromatic heterocycles. The molecule has 120 valence electrons. The summed E-state index contributed by atoms with van der Waals surface area (Å²) in [6, 6.07) is 0.464. The smallest absolute Gasteiger partial charge is 0.225 e. The van der Waals surface area contributed by atoms with Gasteiger partial charge in [-0.05, 0) is 32.1 Å². The fourth-order valence-electron chi connectivity index (χ4n) is 3.39. The van der Waals surface area contributed by atoms with Crippen molar-refractivity contribution in [2.75, 3.05) is 6.54 Å². The van der Waals surface area contributed by atoms with Crippen LogP contribution in [0.3, 0.4) is 0 Å². The molecule has 2 fully saturated rings. The first-order chi connectivity index (χ1) is 9.79. The molecule has 2 aliphatic rings. The van der Waals surface area contributed by atoms with Crippen molar-refractivity contribution < 1.29 is 14.7 Å². The second kappa shape index (κ2) is 6.34. The lowest BCUT2D eigenvalue weighted by Gasteiger charge is -2.37. The van der Waals surface area contributed by atoms with E-state index >= 15 is 0 Å². The van der Waals surface area contributed by atoms with Crippen molar-refractivity contribution in [3.05, 3.63) is 0 Å². The molecule has 2 N–H and O–H groups in total. The van der Waals surface area contributed by atoms with E-state index in [1.807, 2.05) is 25.7 Å². The molecular weight excluding hydrogens is 268 g/mol. The minimum atomic E-state index is -0.383. The average Bonchev–Trinajstić information content (AvgIpc) is 2.65. The number of amides is 2. The van der Waals surface area contributed by atoms with Gasteiger partial charge in [0, 0.05) is 30.5 Å². The maximum atomic E-state index is 12.3. The number of nitrogens with one attached hydrogen (secondary N) is 1. The summed E-state index contributed by atoms with van der Waals surface area (Å²) in [6.45, 7) is 6.19. The van der Waals surface area contributed by atoms with Gasteiger partial charge in [-0.2, -0.15) is 0 Å². The van der Waals surface area contributed by atoms with E-state index in [-0.39, 0.29) is 35.4 Å². The van der Waals surface area contributed by atoms with Crippen LogP contribution < -0.4 is 5.32 Å². The fraction of sp³-hybridized carbons (Fsp3) is 0.875. The Hall–Kier alpha value is -1.10. The lowest BCUT2D eigenvalue weighted by atomic mass is 9.95. The van der Waals surface area contributed by atoms with Gasteiger partial charge in [0.15, 0.2) is 0 Å². The van der Waals surface area contributed by atoms with Crippen molar-refractivity contribution >= 4 is 11.8 Å². The zero-order valence-corrected chi connectivity index (χ0v) is 13.4. The van der Waals surface area contributed by atoms with Crippen molar-refractivity contribution in [2.24, 2.45) is 5.41 Å². The van der Waals surface area contributed by atoms with Gasteiger partial charge in [-0.1, -0.05) is 20.8 Å². The first-order valence-corrected chi connectivity index (χ1v) is 8.06. The Labute approximate surface area is 127 Å². The van der Waals surface area contributed by atoms with Crippen LogP contribution in [-0.4, -0.2) is 46.6 Å². The predicted molar refractivity (Wildman–Crippen MR) is 80.6 cm³/mol. The second-order valence-corrected chi connectivity index (χ2v) is 7.42. The predicted octanol–water partition coefficient (Wildman–Crippen LogP) is 1.44. The molecule has 5 heteroatoms. The molecule has 0 aromatic rings. The first kappa shape index (κ1) is 16.3. The van der Waals surface area contributed by atoms with E-state index < -0.39 is 0 Å². The monoisotopic (exact) mass is 296 g/mol. The van der Waals surface area contributed by atoms with E-state index in [1.165, 1.54) is 0 Å². The molecule has 2 saturated heterocycles. The number of fused-ring (bicyclic) bond motifs is 2. The average molecular weight is 296 g/mol. The number of hydrogen-bond donors (Lipinski definition) is 2. The summed E-state index contributed by atoms with van der Waals surface area (Å²) >= 11 is 0. The molecular formula is C16H28N2O3. The molecule has 0 aromatic carbocycles. The second-order valence-electron chi connectivity index (χ2n) is 7.42. The molecule has 2 unspecified atom stereocenters. The number of rotatable bonds is 4. The number of aliphatic hydroxyl groups is 1. The number of nitrogens with zero attached hydrogens (tertiary/aromatic N) is 1. The Balaban J connectivity index is 1.72. The van der Waals surface area contributed by atoms with E-state index in [1.54, 1.807) is 0 Å². The van der Waals surface area contributed by atoms with Gasteiger partial charge in [0.25, 0.3) is 0 Å². The summed E-state index contributed by atoms with van der Waals surface area (Å²) in [4.78, 5) is 26.1. The van der Waals surface area contributed by atoms with E-state index in [9.17, 15) is 14.7 Å². The Kier molecular flexibility index (Phi) is 4.91. The summed E-state index contributed by atoms with van der Waals surface area (Å²) in [5.41, 5.74) is -0.383. The van der Waals surface area contributed by atoms with Crippen LogP contribution in [0.1, 0.15) is 59.3 Å². The third-order valence-electron chi connectivity index (χ3n) is 4.53. The van der Waals surface area contributed by atoms with E-state index in [4.69, 9.17) is 0 Å². The molecule has 2 rings (SSSR count). The minimum Gasteiger partial charge on any atom is -0.393 e. The summed E-state index contributed by atoms with van der Waals surface area (Å²) in [5, 5.41) is 12.6. The Morgan fingerprint density at radius 2 is 1.76 bits per heavy atom. The third kappa shape index (κ3) is 3.96. The molecule has 2 atom stereocenters. The zero-order valence-electron chi connectivity index (χ0n) is 13.4. The molecule has 0 spiro atoms. The molecule has 0 radical (unpaired) electrons. The number of aliphatic hydroxyl groups excluding tert-OH is 1. The molecule has 0 aliphatic carbocycles. The molecule has 2 heterocycles. The van der Waals surface area contributed by atoms with Crippen molar-refractivity contribution in [1.29, 1.82) is 0 Å². The topological polar surface area (TPSA) is 69.6 Å². The normalized spacial score (nSPS) is 28.6. The van der Waals surface area contributed by atoms with Crippen LogP contribution in [0, 0.1) is 5.41 Å².